The molecule has 270 valence electrons. The van der Waals surface area contributed by atoms with Gasteiger partial charge in [-0.1, -0.05) is 55.4 Å². The van der Waals surface area contributed by atoms with Crippen LogP contribution in [0, 0.1) is 69.0 Å². The van der Waals surface area contributed by atoms with Crippen molar-refractivity contribution < 1.29 is 39.6 Å². The Hall–Kier alpha value is -2.12. The van der Waals surface area contributed by atoms with Crippen LogP contribution in [0.4, 0.5) is 0 Å². The van der Waals surface area contributed by atoms with E-state index < -0.39 is 23.9 Å². The number of aliphatic carboxylic acids is 4. The van der Waals surface area contributed by atoms with Crippen LogP contribution in [0.15, 0.2) is 0 Å². The molecule has 4 N–H and O–H groups in total. The molecule has 8 nitrogen and oxygen atoms in total. The number of carbonyl (C=O) groups is 4. The second-order valence-corrected chi connectivity index (χ2v) is 18.7. The highest BCUT2D eigenvalue weighted by atomic mass is 16.4. The second kappa shape index (κ2) is 15.2. The van der Waals surface area contributed by atoms with Gasteiger partial charge in [-0.25, -0.2) is 0 Å². The van der Waals surface area contributed by atoms with Crippen LogP contribution in [0.3, 0.4) is 0 Å². The van der Waals surface area contributed by atoms with Gasteiger partial charge in [-0.2, -0.15) is 0 Å². The molecule has 0 aliphatic heterocycles. The molecule has 8 fully saturated rings. The van der Waals surface area contributed by atoms with Crippen LogP contribution in [0.25, 0.3) is 0 Å². The zero-order chi connectivity index (χ0) is 35.5. The van der Waals surface area contributed by atoms with Crippen molar-refractivity contribution in [3.63, 3.8) is 0 Å². The lowest BCUT2D eigenvalue weighted by molar-refractivity contribution is -0.227. The van der Waals surface area contributed by atoms with Crippen molar-refractivity contribution in [1.29, 1.82) is 0 Å². The summed E-state index contributed by atoms with van der Waals surface area (Å²) in [6.07, 6.45) is 15.4. The van der Waals surface area contributed by atoms with Gasteiger partial charge >= 0.3 is 23.9 Å². The Morgan fingerprint density at radius 2 is 1.04 bits per heavy atom. The van der Waals surface area contributed by atoms with Gasteiger partial charge in [0.25, 0.3) is 0 Å². The molecule has 8 aliphatic carbocycles. The molecule has 0 heterocycles. The summed E-state index contributed by atoms with van der Waals surface area (Å²) in [5, 5.41) is 35.2. The van der Waals surface area contributed by atoms with E-state index in [0.717, 1.165) is 88.9 Å². The van der Waals surface area contributed by atoms with Gasteiger partial charge in [0.2, 0.25) is 0 Å². The highest BCUT2D eigenvalue weighted by Gasteiger charge is 2.71. The predicted molar refractivity (Wildman–Crippen MR) is 183 cm³/mol. The Labute approximate surface area is 283 Å². The van der Waals surface area contributed by atoms with E-state index >= 15 is 0 Å². The Bertz CT molecular complexity index is 1090. The Morgan fingerprint density at radius 1 is 0.574 bits per heavy atom. The highest BCUT2D eigenvalue weighted by Crippen LogP contribution is 2.75. The molecule has 0 amide bonds. The Morgan fingerprint density at radius 3 is 1.38 bits per heavy atom. The first-order valence-corrected chi connectivity index (χ1v) is 18.6. The van der Waals surface area contributed by atoms with E-state index in [1.807, 2.05) is 0 Å². The van der Waals surface area contributed by atoms with E-state index in [1.54, 1.807) is 0 Å². The number of carboxylic acid groups (broad SMARTS) is 4. The molecule has 0 aromatic carbocycles. The molecule has 8 aliphatic rings. The SMILES string of the molecule is CC(C)CC12CC(C(=O)O)(C1)C2.CC(C)CC12CCC(C(=O)O)(C1)C2.CC(C)CC1CC(C(=O)O)C1.CC(C)CC1CCC1C(=O)O. The molecule has 2 unspecified atom stereocenters. The summed E-state index contributed by atoms with van der Waals surface area (Å²) in [4.78, 5) is 42.7. The fourth-order valence-electron chi connectivity index (χ4n) is 10.5. The molecule has 0 radical (unpaired) electrons. The first-order chi connectivity index (χ1) is 21.7. The molecule has 0 aromatic rings. The van der Waals surface area contributed by atoms with Gasteiger partial charge in [0.05, 0.1) is 22.7 Å². The summed E-state index contributed by atoms with van der Waals surface area (Å²) < 4.78 is 0. The van der Waals surface area contributed by atoms with Crippen LogP contribution in [-0.4, -0.2) is 44.3 Å². The van der Waals surface area contributed by atoms with Crippen molar-refractivity contribution in [2.24, 2.45) is 69.0 Å². The van der Waals surface area contributed by atoms with E-state index in [2.05, 4.69) is 55.4 Å². The first kappa shape index (κ1) is 39.3. The molecule has 0 spiro atoms. The van der Waals surface area contributed by atoms with E-state index in [-0.39, 0.29) is 22.7 Å². The van der Waals surface area contributed by atoms with Crippen molar-refractivity contribution in [2.75, 3.05) is 0 Å². The van der Waals surface area contributed by atoms with E-state index in [1.165, 1.54) is 19.3 Å². The van der Waals surface area contributed by atoms with Crippen molar-refractivity contribution in [3.05, 3.63) is 0 Å². The zero-order valence-electron chi connectivity index (χ0n) is 30.6. The quantitative estimate of drug-likeness (QED) is 0.162. The van der Waals surface area contributed by atoms with Gasteiger partial charge in [0.1, 0.15) is 0 Å². The average Bonchev–Trinajstić information content (AvgIpc) is 3.37. The van der Waals surface area contributed by atoms with Crippen LogP contribution in [0.5, 0.6) is 0 Å². The van der Waals surface area contributed by atoms with Gasteiger partial charge in [-0.3, -0.25) is 19.2 Å². The topological polar surface area (TPSA) is 149 Å². The molecule has 8 rings (SSSR count). The van der Waals surface area contributed by atoms with Crippen LogP contribution in [0.2, 0.25) is 0 Å². The third-order valence-corrected chi connectivity index (χ3v) is 12.2. The second-order valence-electron chi connectivity index (χ2n) is 18.7. The molecule has 0 saturated heterocycles. The number of rotatable bonds is 12. The molecule has 8 heteroatoms. The maximum atomic E-state index is 11.0. The number of fused-ring (bicyclic) bond motifs is 1. The van der Waals surface area contributed by atoms with Gasteiger partial charge in [0, 0.05) is 0 Å². The zero-order valence-corrected chi connectivity index (χ0v) is 30.6. The molecule has 47 heavy (non-hydrogen) atoms. The summed E-state index contributed by atoms with van der Waals surface area (Å²) in [6.45, 7) is 17.6. The van der Waals surface area contributed by atoms with Gasteiger partial charge in [0.15, 0.2) is 0 Å². The lowest BCUT2D eigenvalue weighted by atomic mass is 9.34. The molecular formula is C39H66O8. The molecule has 8 saturated carbocycles. The van der Waals surface area contributed by atoms with Crippen molar-refractivity contribution in [1.82, 2.24) is 0 Å². The fourth-order valence-corrected chi connectivity index (χ4v) is 10.5. The minimum Gasteiger partial charge on any atom is -0.481 e. The third kappa shape index (κ3) is 9.53. The number of hydrogen-bond donors (Lipinski definition) is 4. The fraction of sp³-hybridized carbons (Fsp3) is 0.897. The predicted octanol–water partition coefficient (Wildman–Crippen LogP) is 9.25. The highest BCUT2D eigenvalue weighted by molar-refractivity contribution is 5.79. The molecule has 0 aromatic heterocycles. The minimum absolute atomic E-state index is 0.0289. The summed E-state index contributed by atoms with van der Waals surface area (Å²) in [5.41, 5.74) is 0.308. The van der Waals surface area contributed by atoms with Crippen molar-refractivity contribution in [3.8, 4) is 0 Å². The standard InChI is InChI=1S/C11H18O2.C10H16O2.2C9H16O2/c1-8(2)5-10-3-4-11(6-10,7-10)9(12)13;1-7(2)3-9-4-10(5-9,6-9)8(11)12;1-6(2)3-7-4-8(5-7)9(10)11;1-6(2)5-7-3-4-8(7)9(10)11/h8H,3-7H2,1-2H3,(H,12,13);7H,3-6H2,1-2H3,(H,11,12);2*6-8H,3-5H2,1-2H3,(H,10,11). The summed E-state index contributed by atoms with van der Waals surface area (Å²) in [6, 6.07) is 0. The maximum absolute atomic E-state index is 11.0. The van der Waals surface area contributed by atoms with Crippen molar-refractivity contribution >= 4 is 23.9 Å². The minimum atomic E-state index is -0.606. The van der Waals surface area contributed by atoms with Gasteiger partial charge in [-0.05, 0) is 143 Å². The number of hydrogen-bond acceptors (Lipinski definition) is 4. The van der Waals surface area contributed by atoms with E-state index in [9.17, 15) is 19.2 Å². The van der Waals surface area contributed by atoms with Gasteiger partial charge in [-0.15, -0.1) is 0 Å². The van der Waals surface area contributed by atoms with E-state index in [4.69, 9.17) is 20.4 Å². The smallest absolute Gasteiger partial charge is 0.309 e. The Kier molecular flexibility index (Phi) is 12.7. The van der Waals surface area contributed by atoms with E-state index in [0.29, 0.717) is 34.5 Å². The van der Waals surface area contributed by atoms with Crippen LogP contribution in [0.1, 0.15) is 152 Å². The average molecular weight is 663 g/mol. The largest absolute Gasteiger partial charge is 0.481 e. The summed E-state index contributed by atoms with van der Waals surface area (Å²) in [5.74, 6) is 1.57. The molecule has 2 atom stereocenters. The third-order valence-electron chi connectivity index (χ3n) is 12.2. The van der Waals surface area contributed by atoms with Crippen LogP contribution < -0.4 is 0 Å². The summed E-state index contributed by atoms with van der Waals surface area (Å²) in [7, 11) is 0. The lowest BCUT2D eigenvalue weighted by Gasteiger charge is -2.69. The van der Waals surface area contributed by atoms with Crippen LogP contribution in [-0.2, 0) is 19.2 Å². The maximum Gasteiger partial charge on any atom is 0.309 e. The lowest BCUT2D eigenvalue weighted by Crippen LogP contribution is -2.65. The monoisotopic (exact) mass is 662 g/mol. The first-order valence-electron chi connectivity index (χ1n) is 18.6. The van der Waals surface area contributed by atoms with Crippen LogP contribution >= 0.6 is 0 Å². The normalized spacial score (nSPS) is 36.9. The molecular weight excluding hydrogens is 596 g/mol. The van der Waals surface area contributed by atoms with Crippen molar-refractivity contribution in [2.45, 2.75) is 152 Å². The Balaban J connectivity index is 0.000000171. The van der Waals surface area contributed by atoms with Gasteiger partial charge < -0.3 is 20.4 Å². The molecule has 4 bridgehead atoms. The number of carboxylic acids is 4. The summed E-state index contributed by atoms with van der Waals surface area (Å²) >= 11 is 0.